The van der Waals surface area contributed by atoms with E-state index in [-0.39, 0.29) is 12.1 Å². The van der Waals surface area contributed by atoms with E-state index in [4.69, 9.17) is 4.74 Å². The van der Waals surface area contributed by atoms with Crippen LogP contribution in [0.2, 0.25) is 0 Å². The van der Waals surface area contributed by atoms with Crippen molar-refractivity contribution in [1.82, 2.24) is 15.5 Å². The Hall–Kier alpha value is -0.810. The molecule has 2 aliphatic heterocycles. The fourth-order valence-corrected chi connectivity index (χ4v) is 2.48. The minimum absolute atomic E-state index is 0.0396. The molecule has 2 N–H and O–H groups in total. The summed E-state index contributed by atoms with van der Waals surface area (Å²) in [5.74, 6) is 0. The predicted molar refractivity (Wildman–Crippen MR) is 66.0 cm³/mol. The number of rotatable bonds is 2. The van der Waals surface area contributed by atoms with Crippen molar-refractivity contribution in [1.29, 1.82) is 0 Å². The highest BCUT2D eigenvalue weighted by Crippen LogP contribution is 2.15. The molecule has 2 fully saturated rings. The molecule has 17 heavy (non-hydrogen) atoms. The summed E-state index contributed by atoms with van der Waals surface area (Å²) in [5, 5.41) is 6.03. The average molecular weight is 241 g/mol. The lowest BCUT2D eigenvalue weighted by Crippen LogP contribution is -2.51. The third-order valence-electron chi connectivity index (χ3n) is 3.81. The molecular weight excluding hydrogens is 218 g/mol. The Morgan fingerprint density at radius 1 is 1.29 bits per heavy atom. The van der Waals surface area contributed by atoms with Crippen LogP contribution in [-0.2, 0) is 4.74 Å². The molecule has 3 atom stereocenters. The number of carbonyl (C=O) groups excluding carboxylic acids is 1. The second-order valence-electron chi connectivity index (χ2n) is 5.23. The predicted octanol–water partition coefficient (Wildman–Crippen LogP) is 0.557. The second kappa shape index (κ2) is 5.69. The average Bonchev–Trinajstić information content (AvgIpc) is 2.76. The molecule has 0 aromatic carbocycles. The van der Waals surface area contributed by atoms with Gasteiger partial charge in [0.05, 0.1) is 12.6 Å². The Kier molecular flexibility index (Phi) is 4.23. The summed E-state index contributed by atoms with van der Waals surface area (Å²) in [4.78, 5) is 14.1. The van der Waals surface area contributed by atoms with Crippen LogP contribution in [0.15, 0.2) is 0 Å². The summed E-state index contributed by atoms with van der Waals surface area (Å²) >= 11 is 0. The summed E-state index contributed by atoms with van der Waals surface area (Å²) in [5.41, 5.74) is 0. The van der Waals surface area contributed by atoms with Gasteiger partial charge in [0.2, 0.25) is 0 Å². The first-order valence-corrected chi connectivity index (χ1v) is 6.50. The summed E-state index contributed by atoms with van der Waals surface area (Å²) in [6.07, 6.45) is 3.00. The van der Waals surface area contributed by atoms with E-state index in [0.717, 1.165) is 32.4 Å². The molecule has 98 valence electrons. The van der Waals surface area contributed by atoms with Crippen molar-refractivity contribution < 1.29 is 9.53 Å². The number of carbonyl (C=O) groups is 1. The van der Waals surface area contributed by atoms with Crippen molar-refractivity contribution in [2.75, 3.05) is 26.8 Å². The van der Waals surface area contributed by atoms with Crippen LogP contribution in [0.5, 0.6) is 0 Å². The van der Waals surface area contributed by atoms with Crippen molar-refractivity contribution in [3.8, 4) is 0 Å². The monoisotopic (exact) mass is 241 g/mol. The van der Waals surface area contributed by atoms with E-state index in [1.54, 1.807) is 0 Å². The number of nitrogens with zero attached hydrogens (tertiary/aromatic N) is 1. The Labute approximate surface area is 103 Å². The van der Waals surface area contributed by atoms with Gasteiger partial charge < -0.3 is 20.3 Å². The first-order valence-electron chi connectivity index (χ1n) is 6.50. The molecule has 0 spiro atoms. The molecule has 0 bridgehead atoms. The van der Waals surface area contributed by atoms with Gasteiger partial charge in [-0.05, 0) is 33.2 Å². The molecule has 2 saturated heterocycles. The summed E-state index contributed by atoms with van der Waals surface area (Å²) < 4.78 is 5.23. The summed E-state index contributed by atoms with van der Waals surface area (Å²) in [6, 6.07) is 1.01. The Morgan fingerprint density at radius 2 is 2.06 bits per heavy atom. The van der Waals surface area contributed by atoms with Crippen molar-refractivity contribution in [2.24, 2.45) is 0 Å². The van der Waals surface area contributed by atoms with Crippen molar-refractivity contribution in [3.63, 3.8) is 0 Å². The molecule has 0 aromatic rings. The quantitative estimate of drug-likeness (QED) is 0.742. The minimum Gasteiger partial charge on any atom is -0.379 e. The molecule has 5 heteroatoms. The van der Waals surface area contributed by atoms with Gasteiger partial charge in [-0.25, -0.2) is 4.79 Å². The van der Waals surface area contributed by atoms with E-state index in [1.165, 1.54) is 0 Å². The van der Waals surface area contributed by atoms with Crippen molar-refractivity contribution in [3.05, 3.63) is 0 Å². The van der Waals surface area contributed by atoms with Gasteiger partial charge in [-0.15, -0.1) is 0 Å². The molecule has 0 radical (unpaired) electrons. The smallest absolute Gasteiger partial charge is 0.315 e. The SMILES string of the molecule is CC1CC(NC(=O)NC2CCOC2)CCN1C. The maximum absolute atomic E-state index is 11.8. The molecule has 0 saturated carbocycles. The second-order valence-corrected chi connectivity index (χ2v) is 5.23. The maximum atomic E-state index is 11.8. The van der Waals surface area contributed by atoms with E-state index in [0.29, 0.717) is 18.7 Å². The first kappa shape index (κ1) is 12.6. The molecule has 2 aliphatic rings. The third kappa shape index (κ3) is 3.57. The third-order valence-corrected chi connectivity index (χ3v) is 3.81. The number of amides is 2. The number of urea groups is 1. The normalized spacial score (nSPS) is 34.6. The van der Waals surface area contributed by atoms with Gasteiger partial charge >= 0.3 is 6.03 Å². The number of hydrogen-bond acceptors (Lipinski definition) is 3. The van der Waals surface area contributed by atoms with Crippen LogP contribution in [-0.4, -0.2) is 55.9 Å². The zero-order chi connectivity index (χ0) is 12.3. The number of piperidine rings is 1. The number of ether oxygens (including phenoxy) is 1. The molecule has 2 rings (SSSR count). The number of hydrogen-bond donors (Lipinski definition) is 2. The lowest BCUT2D eigenvalue weighted by atomic mass is 9.99. The van der Waals surface area contributed by atoms with Gasteiger partial charge in [0.15, 0.2) is 0 Å². The van der Waals surface area contributed by atoms with Crippen LogP contribution in [0.1, 0.15) is 26.2 Å². The lowest BCUT2D eigenvalue weighted by Gasteiger charge is -2.35. The number of likely N-dealkylation sites (tertiary alicyclic amines) is 1. The van der Waals surface area contributed by atoms with Crippen LogP contribution in [0.3, 0.4) is 0 Å². The molecule has 2 amide bonds. The molecule has 3 unspecified atom stereocenters. The summed E-state index contributed by atoms with van der Waals surface area (Å²) in [6.45, 7) is 4.67. The van der Waals surface area contributed by atoms with Crippen LogP contribution >= 0.6 is 0 Å². The van der Waals surface area contributed by atoms with E-state index in [9.17, 15) is 4.79 Å². The van der Waals surface area contributed by atoms with Crippen LogP contribution in [0.4, 0.5) is 4.79 Å². The highest BCUT2D eigenvalue weighted by Gasteiger charge is 2.25. The van der Waals surface area contributed by atoms with Gasteiger partial charge in [0.1, 0.15) is 0 Å². The Balaban J connectivity index is 1.71. The van der Waals surface area contributed by atoms with Gasteiger partial charge in [-0.1, -0.05) is 0 Å². The zero-order valence-corrected chi connectivity index (χ0v) is 10.7. The highest BCUT2D eigenvalue weighted by molar-refractivity contribution is 5.74. The lowest BCUT2D eigenvalue weighted by molar-refractivity contribution is 0.165. The molecule has 0 aliphatic carbocycles. The van der Waals surface area contributed by atoms with E-state index in [2.05, 4.69) is 29.5 Å². The zero-order valence-electron chi connectivity index (χ0n) is 10.7. The fraction of sp³-hybridized carbons (Fsp3) is 0.917. The fourth-order valence-electron chi connectivity index (χ4n) is 2.48. The Bertz CT molecular complexity index is 266. The van der Waals surface area contributed by atoms with E-state index in [1.807, 2.05) is 0 Å². The van der Waals surface area contributed by atoms with Crippen molar-refractivity contribution in [2.45, 2.75) is 44.3 Å². The van der Waals surface area contributed by atoms with Crippen LogP contribution in [0.25, 0.3) is 0 Å². The van der Waals surface area contributed by atoms with Gasteiger partial charge in [0, 0.05) is 25.2 Å². The number of nitrogens with one attached hydrogen (secondary N) is 2. The van der Waals surface area contributed by atoms with Crippen LogP contribution < -0.4 is 10.6 Å². The standard InChI is InChI=1S/C12H23N3O2/c1-9-7-10(3-5-15(9)2)13-12(16)14-11-4-6-17-8-11/h9-11H,3-8H2,1-2H3,(H2,13,14,16). The van der Waals surface area contributed by atoms with Crippen molar-refractivity contribution >= 4 is 6.03 Å². The van der Waals surface area contributed by atoms with Gasteiger partial charge in [0.25, 0.3) is 0 Å². The summed E-state index contributed by atoms with van der Waals surface area (Å²) in [7, 11) is 2.14. The molecule has 5 nitrogen and oxygen atoms in total. The molecule has 0 aromatic heterocycles. The van der Waals surface area contributed by atoms with Crippen LogP contribution in [0, 0.1) is 0 Å². The highest BCUT2D eigenvalue weighted by atomic mass is 16.5. The van der Waals surface area contributed by atoms with Gasteiger partial charge in [-0.2, -0.15) is 0 Å². The molecule has 2 heterocycles. The Morgan fingerprint density at radius 3 is 2.71 bits per heavy atom. The minimum atomic E-state index is -0.0396. The first-order chi connectivity index (χ1) is 8.15. The maximum Gasteiger partial charge on any atom is 0.315 e. The van der Waals surface area contributed by atoms with E-state index < -0.39 is 0 Å². The molecular formula is C12H23N3O2. The largest absolute Gasteiger partial charge is 0.379 e. The topological polar surface area (TPSA) is 53.6 Å². The van der Waals surface area contributed by atoms with E-state index >= 15 is 0 Å². The van der Waals surface area contributed by atoms with Gasteiger partial charge in [-0.3, -0.25) is 0 Å².